The Morgan fingerprint density at radius 1 is 1.47 bits per heavy atom. The molecule has 0 radical (unpaired) electrons. The van der Waals surface area contributed by atoms with E-state index in [0.717, 1.165) is 25.9 Å². The van der Waals surface area contributed by atoms with Gasteiger partial charge in [0.05, 0.1) is 0 Å². The van der Waals surface area contributed by atoms with E-state index < -0.39 is 0 Å². The molecule has 2 rings (SSSR count). The molecule has 1 fully saturated rings. The third-order valence-corrected chi connectivity index (χ3v) is 3.25. The molecular weight excluding hydrogens is 247 g/mol. The molecule has 1 aromatic carbocycles. The van der Waals surface area contributed by atoms with Gasteiger partial charge in [0.25, 0.3) is 5.91 Å². The van der Waals surface area contributed by atoms with Gasteiger partial charge in [-0.3, -0.25) is 4.79 Å². The number of rotatable bonds is 4. The summed E-state index contributed by atoms with van der Waals surface area (Å²) in [7, 11) is 2.07. The zero-order chi connectivity index (χ0) is 13.7. The van der Waals surface area contributed by atoms with Crippen LogP contribution in [0, 0.1) is 5.82 Å². The Morgan fingerprint density at radius 3 is 2.89 bits per heavy atom. The van der Waals surface area contributed by atoms with Crippen molar-refractivity contribution in [2.45, 2.75) is 18.9 Å². The molecule has 1 aromatic rings. The number of halogens is 1. The number of hydrogen-bond donors (Lipinski definition) is 1. The minimum atomic E-state index is -0.367. The fourth-order valence-corrected chi connectivity index (χ4v) is 2.13. The van der Waals surface area contributed by atoms with Crippen LogP contribution in [0.25, 0.3) is 0 Å². The van der Waals surface area contributed by atoms with Crippen LogP contribution in [0.2, 0.25) is 0 Å². The normalized spacial score (nSPS) is 17.2. The van der Waals surface area contributed by atoms with E-state index in [9.17, 15) is 9.18 Å². The molecule has 19 heavy (non-hydrogen) atoms. The number of amides is 1. The predicted octanol–water partition coefficient (Wildman–Crippen LogP) is 1.41. The highest BCUT2D eigenvalue weighted by atomic mass is 19.1. The van der Waals surface area contributed by atoms with Crippen LogP contribution < -0.4 is 10.1 Å². The van der Waals surface area contributed by atoms with Gasteiger partial charge in [-0.05, 0) is 45.1 Å². The lowest BCUT2D eigenvalue weighted by Crippen LogP contribution is -2.44. The summed E-state index contributed by atoms with van der Waals surface area (Å²) >= 11 is 0. The molecule has 1 heterocycles. The molecule has 0 spiro atoms. The van der Waals surface area contributed by atoms with Crippen molar-refractivity contribution in [2.75, 3.05) is 26.7 Å². The van der Waals surface area contributed by atoms with Crippen LogP contribution in [-0.2, 0) is 4.79 Å². The highest BCUT2D eigenvalue weighted by molar-refractivity contribution is 5.77. The standard InChI is InChI=1S/C14H19FN2O2/c1-17-7-5-12(6-8-17)16-14(18)10-19-13-4-2-3-11(15)9-13/h2-4,9,12H,5-8,10H2,1H3,(H,16,18). The summed E-state index contributed by atoms with van der Waals surface area (Å²) in [6, 6.07) is 6.01. The predicted molar refractivity (Wildman–Crippen MR) is 70.6 cm³/mol. The number of hydrogen-bond acceptors (Lipinski definition) is 3. The molecule has 0 bridgehead atoms. The number of benzene rings is 1. The maximum absolute atomic E-state index is 12.9. The Morgan fingerprint density at radius 2 is 2.21 bits per heavy atom. The maximum Gasteiger partial charge on any atom is 0.258 e. The van der Waals surface area contributed by atoms with E-state index in [-0.39, 0.29) is 24.4 Å². The molecule has 0 aromatic heterocycles. The zero-order valence-electron chi connectivity index (χ0n) is 11.1. The van der Waals surface area contributed by atoms with E-state index in [2.05, 4.69) is 17.3 Å². The molecule has 1 aliphatic heterocycles. The van der Waals surface area contributed by atoms with Crippen molar-refractivity contribution < 1.29 is 13.9 Å². The van der Waals surface area contributed by atoms with Gasteiger partial charge >= 0.3 is 0 Å². The summed E-state index contributed by atoms with van der Waals surface area (Å²) in [6.45, 7) is 1.92. The lowest BCUT2D eigenvalue weighted by Gasteiger charge is -2.29. The summed E-state index contributed by atoms with van der Waals surface area (Å²) in [5, 5.41) is 2.94. The Kier molecular flexibility index (Phi) is 4.74. The van der Waals surface area contributed by atoms with Crippen molar-refractivity contribution in [3.8, 4) is 5.75 Å². The summed E-state index contributed by atoms with van der Waals surface area (Å²) in [6.07, 6.45) is 1.92. The smallest absolute Gasteiger partial charge is 0.258 e. The number of nitrogens with one attached hydrogen (secondary N) is 1. The van der Waals surface area contributed by atoms with E-state index in [1.54, 1.807) is 12.1 Å². The summed E-state index contributed by atoms with van der Waals surface area (Å²) in [4.78, 5) is 13.9. The summed E-state index contributed by atoms with van der Waals surface area (Å²) in [5.74, 6) is -0.148. The average Bonchev–Trinajstić information content (AvgIpc) is 2.39. The first-order valence-corrected chi connectivity index (χ1v) is 6.50. The minimum Gasteiger partial charge on any atom is -0.484 e. The summed E-state index contributed by atoms with van der Waals surface area (Å²) in [5.41, 5.74) is 0. The highest BCUT2D eigenvalue weighted by Gasteiger charge is 2.18. The topological polar surface area (TPSA) is 41.6 Å². The average molecular weight is 266 g/mol. The van der Waals surface area contributed by atoms with E-state index in [0.29, 0.717) is 5.75 Å². The van der Waals surface area contributed by atoms with Gasteiger partial charge < -0.3 is 15.0 Å². The minimum absolute atomic E-state index is 0.0736. The van der Waals surface area contributed by atoms with Crippen LogP contribution in [0.1, 0.15) is 12.8 Å². The Bertz CT molecular complexity index is 431. The fraction of sp³-hybridized carbons (Fsp3) is 0.500. The quantitative estimate of drug-likeness (QED) is 0.896. The summed E-state index contributed by atoms with van der Waals surface area (Å²) < 4.78 is 18.2. The van der Waals surface area contributed by atoms with Crippen molar-refractivity contribution in [1.29, 1.82) is 0 Å². The van der Waals surface area contributed by atoms with E-state index in [1.807, 2.05) is 0 Å². The first-order valence-electron chi connectivity index (χ1n) is 6.50. The largest absolute Gasteiger partial charge is 0.484 e. The molecule has 104 valence electrons. The van der Waals surface area contributed by atoms with Gasteiger partial charge in [0.1, 0.15) is 11.6 Å². The van der Waals surface area contributed by atoms with Crippen molar-refractivity contribution >= 4 is 5.91 Å². The number of piperidine rings is 1. The van der Waals surface area contributed by atoms with E-state index in [4.69, 9.17) is 4.74 Å². The van der Waals surface area contributed by atoms with Crippen LogP contribution in [0.15, 0.2) is 24.3 Å². The molecule has 1 amide bonds. The fourth-order valence-electron chi connectivity index (χ4n) is 2.13. The van der Waals surface area contributed by atoms with Gasteiger partial charge in [-0.1, -0.05) is 6.07 Å². The van der Waals surface area contributed by atoms with Gasteiger partial charge in [0.15, 0.2) is 6.61 Å². The number of carbonyl (C=O) groups excluding carboxylic acids is 1. The molecule has 0 atom stereocenters. The molecule has 1 aliphatic rings. The van der Waals surface area contributed by atoms with Crippen LogP contribution in [-0.4, -0.2) is 43.6 Å². The van der Waals surface area contributed by atoms with Gasteiger partial charge in [0.2, 0.25) is 0 Å². The Labute approximate surface area is 112 Å². The lowest BCUT2D eigenvalue weighted by atomic mass is 10.1. The number of nitrogens with zero attached hydrogens (tertiary/aromatic N) is 1. The third-order valence-electron chi connectivity index (χ3n) is 3.25. The van der Waals surface area contributed by atoms with Gasteiger partial charge in [-0.2, -0.15) is 0 Å². The molecule has 4 nitrogen and oxygen atoms in total. The molecule has 0 unspecified atom stereocenters. The van der Waals surface area contributed by atoms with Crippen molar-refractivity contribution in [3.63, 3.8) is 0 Å². The molecule has 0 aliphatic carbocycles. The molecule has 0 saturated carbocycles. The van der Waals surface area contributed by atoms with Crippen molar-refractivity contribution in [1.82, 2.24) is 10.2 Å². The number of likely N-dealkylation sites (tertiary alicyclic amines) is 1. The van der Waals surface area contributed by atoms with Gasteiger partial charge in [-0.25, -0.2) is 4.39 Å². The lowest BCUT2D eigenvalue weighted by molar-refractivity contribution is -0.124. The van der Waals surface area contributed by atoms with Crippen LogP contribution in [0.5, 0.6) is 5.75 Å². The zero-order valence-corrected chi connectivity index (χ0v) is 11.1. The Balaban J connectivity index is 1.73. The highest BCUT2D eigenvalue weighted by Crippen LogP contribution is 2.12. The van der Waals surface area contributed by atoms with Crippen LogP contribution in [0.4, 0.5) is 4.39 Å². The molecule has 5 heteroatoms. The molecule has 1 N–H and O–H groups in total. The van der Waals surface area contributed by atoms with E-state index >= 15 is 0 Å². The van der Waals surface area contributed by atoms with Crippen molar-refractivity contribution in [3.05, 3.63) is 30.1 Å². The van der Waals surface area contributed by atoms with E-state index in [1.165, 1.54) is 12.1 Å². The first kappa shape index (κ1) is 13.8. The third kappa shape index (κ3) is 4.52. The second-order valence-corrected chi connectivity index (χ2v) is 4.89. The first-order chi connectivity index (χ1) is 9.13. The van der Waals surface area contributed by atoms with Gasteiger partial charge in [0, 0.05) is 12.1 Å². The maximum atomic E-state index is 12.9. The SMILES string of the molecule is CN1CCC(NC(=O)COc2cccc(F)c2)CC1. The number of ether oxygens (including phenoxy) is 1. The Hall–Kier alpha value is -1.62. The van der Waals surface area contributed by atoms with Crippen LogP contribution in [0.3, 0.4) is 0 Å². The monoisotopic (exact) mass is 266 g/mol. The second-order valence-electron chi connectivity index (χ2n) is 4.89. The van der Waals surface area contributed by atoms with Gasteiger partial charge in [-0.15, -0.1) is 0 Å². The van der Waals surface area contributed by atoms with Crippen LogP contribution >= 0.6 is 0 Å². The molecular formula is C14H19FN2O2. The second kappa shape index (κ2) is 6.52. The molecule has 1 saturated heterocycles. The number of carbonyl (C=O) groups is 1. The van der Waals surface area contributed by atoms with Crippen molar-refractivity contribution in [2.24, 2.45) is 0 Å².